The van der Waals surface area contributed by atoms with Gasteiger partial charge in [0, 0.05) is 12.6 Å². The Morgan fingerprint density at radius 1 is 1.50 bits per heavy atom. The number of carbonyl (C=O) groups is 1. The summed E-state index contributed by atoms with van der Waals surface area (Å²) in [5, 5.41) is 5.83. The maximum Gasteiger partial charge on any atom is 0.240 e. The summed E-state index contributed by atoms with van der Waals surface area (Å²) >= 11 is 0. The maximum absolute atomic E-state index is 11.6. The molecule has 1 atom stereocenters. The van der Waals surface area contributed by atoms with E-state index in [4.69, 9.17) is 4.74 Å². The highest BCUT2D eigenvalue weighted by molar-refractivity contribution is 5.85. The SMILES string of the molecule is CCOCC(C)NC(=O)C(C)(C)NC. The van der Waals surface area contributed by atoms with E-state index in [0.29, 0.717) is 13.2 Å². The molecule has 4 heteroatoms. The van der Waals surface area contributed by atoms with Crippen LogP contribution in [0.3, 0.4) is 0 Å². The van der Waals surface area contributed by atoms with E-state index in [0.717, 1.165) is 0 Å². The highest BCUT2D eigenvalue weighted by Gasteiger charge is 2.25. The molecular formula is C10H22N2O2. The molecule has 2 N–H and O–H groups in total. The van der Waals surface area contributed by atoms with Crippen molar-refractivity contribution in [2.45, 2.75) is 39.3 Å². The number of hydrogen-bond acceptors (Lipinski definition) is 3. The molecule has 0 aromatic heterocycles. The molecule has 0 aromatic carbocycles. The normalized spacial score (nSPS) is 13.8. The Bertz CT molecular complexity index is 181. The zero-order valence-corrected chi connectivity index (χ0v) is 9.81. The standard InChI is InChI=1S/C10H22N2O2/c1-6-14-7-8(2)12-9(13)10(3,4)11-5/h8,11H,6-7H2,1-5H3,(H,12,13). The topological polar surface area (TPSA) is 50.4 Å². The average molecular weight is 202 g/mol. The fourth-order valence-electron chi connectivity index (χ4n) is 0.854. The summed E-state index contributed by atoms with van der Waals surface area (Å²) in [4.78, 5) is 11.6. The number of rotatable bonds is 6. The molecule has 0 rings (SSSR count). The van der Waals surface area contributed by atoms with Gasteiger partial charge in [-0.15, -0.1) is 0 Å². The summed E-state index contributed by atoms with van der Waals surface area (Å²) < 4.78 is 5.21. The van der Waals surface area contributed by atoms with Crippen LogP contribution in [-0.4, -0.2) is 37.7 Å². The predicted molar refractivity (Wildman–Crippen MR) is 57.2 cm³/mol. The highest BCUT2D eigenvalue weighted by Crippen LogP contribution is 2.01. The molecule has 0 radical (unpaired) electrons. The Labute approximate surface area is 86.4 Å². The third kappa shape index (κ3) is 4.58. The minimum atomic E-state index is -0.527. The van der Waals surface area contributed by atoms with Crippen molar-refractivity contribution in [3.63, 3.8) is 0 Å². The summed E-state index contributed by atoms with van der Waals surface area (Å²) in [7, 11) is 1.77. The van der Waals surface area contributed by atoms with Crippen LogP contribution in [0.1, 0.15) is 27.7 Å². The average Bonchev–Trinajstić information content (AvgIpc) is 2.14. The van der Waals surface area contributed by atoms with Crippen molar-refractivity contribution in [2.24, 2.45) is 0 Å². The van der Waals surface area contributed by atoms with Crippen LogP contribution in [0.2, 0.25) is 0 Å². The number of amides is 1. The van der Waals surface area contributed by atoms with Gasteiger partial charge >= 0.3 is 0 Å². The van der Waals surface area contributed by atoms with Gasteiger partial charge in [-0.3, -0.25) is 4.79 Å². The lowest BCUT2D eigenvalue weighted by atomic mass is 10.0. The first-order chi connectivity index (χ1) is 6.44. The molecule has 0 saturated heterocycles. The Morgan fingerprint density at radius 3 is 2.50 bits per heavy atom. The molecule has 0 aliphatic heterocycles. The number of hydrogen-bond donors (Lipinski definition) is 2. The molecule has 0 aliphatic rings. The van der Waals surface area contributed by atoms with E-state index in [-0.39, 0.29) is 11.9 Å². The summed E-state index contributed by atoms with van der Waals surface area (Å²) in [6.07, 6.45) is 0. The molecule has 4 nitrogen and oxygen atoms in total. The van der Waals surface area contributed by atoms with E-state index < -0.39 is 5.54 Å². The van der Waals surface area contributed by atoms with E-state index in [1.54, 1.807) is 7.05 Å². The third-order valence-corrected chi connectivity index (χ3v) is 2.14. The van der Waals surface area contributed by atoms with Crippen LogP contribution in [-0.2, 0) is 9.53 Å². The zero-order chi connectivity index (χ0) is 11.2. The van der Waals surface area contributed by atoms with Gasteiger partial charge in [-0.05, 0) is 34.7 Å². The van der Waals surface area contributed by atoms with Crippen molar-refractivity contribution >= 4 is 5.91 Å². The van der Waals surface area contributed by atoms with E-state index in [1.165, 1.54) is 0 Å². The Balaban J connectivity index is 3.93. The first kappa shape index (κ1) is 13.4. The number of nitrogens with one attached hydrogen (secondary N) is 2. The molecule has 0 spiro atoms. The van der Waals surface area contributed by atoms with Crippen molar-refractivity contribution in [3.05, 3.63) is 0 Å². The molecule has 0 bridgehead atoms. The van der Waals surface area contributed by atoms with E-state index >= 15 is 0 Å². The van der Waals surface area contributed by atoms with Gasteiger partial charge in [0.25, 0.3) is 0 Å². The molecule has 1 amide bonds. The lowest BCUT2D eigenvalue weighted by molar-refractivity contribution is -0.127. The van der Waals surface area contributed by atoms with Gasteiger partial charge in [-0.2, -0.15) is 0 Å². The monoisotopic (exact) mass is 202 g/mol. The van der Waals surface area contributed by atoms with Crippen LogP contribution < -0.4 is 10.6 Å². The molecule has 84 valence electrons. The second-order valence-electron chi connectivity index (χ2n) is 3.91. The lowest BCUT2D eigenvalue weighted by Crippen LogP contribution is -2.53. The van der Waals surface area contributed by atoms with Crippen molar-refractivity contribution in [1.82, 2.24) is 10.6 Å². The number of carbonyl (C=O) groups excluding carboxylic acids is 1. The van der Waals surface area contributed by atoms with Gasteiger partial charge in [-0.25, -0.2) is 0 Å². The highest BCUT2D eigenvalue weighted by atomic mass is 16.5. The molecular weight excluding hydrogens is 180 g/mol. The van der Waals surface area contributed by atoms with Crippen LogP contribution in [0.4, 0.5) is 0 Å². The van der Waals surface area contributed by atoms with Crippen LogP contribution in [0.5, 0.6) is 0 Å². The van der Waals surface area contributed by atoms with Gasteiger partial charge < -0.3 is 15.4 Å². The molecule has 0 heterocycles. The first-order valence-corrected chi connectivity index (χ1v) is 5.01. The fraction of sp³-hybridized carbons (Fsp3) is 0.900. The van der Waals surface area contributed by atoms with Crippen molar-refractivity contribution in [1.29, 1.82) is 0 Å². The Morgan fingerprint density at radius 2 is 2.07 bits per heavy atom. The third-order valence-electron chi connectivity index (χ3n) is 2.14. The zero-order valence-electron chi connectivity index (χ0n) is 9.81. The second-order valence-corrected chi connectivity index (χ2v) is 3.91. The van der Waals surface area contributed by atoms with Crippen LogP contribution in [0, 0.1) is 0 Å². The first-order valence-electron chi connectivity index (χ1n) is 5.01. The Kier molecular flexibility index (Phi) is 5.72. The predicted octanol–water partition coefficient (Wildman–Crippen LogP) is 0.526. The minimum absolute atomic E-state index is 0.00722. The second kappa shape index (κ2) is 5.98. The molecule has 14 heavy (non-hydrogen) atoms. The van der Waals surface area contributed by atoms with Crippen LogP contribution in [0.25, 0.3) is 0 Å². The quantitative estimate of drug-likeness (QED) is 0.660. The molecule has 0 saturated carbocycles. The van der Waals surface area contributed by atoms with Crippen molar-refractivity contribution in [2.75, 3.05) is 20.3 Å². The van der Waals surface area contributed by atoms with Gasteiger partial charge in [0.05, 0.1) is 12.1 Å². The molecule has 0 aromatic rings. The van der Waals surface area contributed by atoms with E-state index in [2.05, 4.69) is 10.6 Å². The maximum atomic E-state index is 11.6. The van der Waals surface area contributed by atoms with Crippen molar-refractivity contribution in [3.8, 4) is 0 Å². The number of ether oxygens (including phenoxy) is 1. The van der Waals surface area contributed by atoms with Gasteiger partial charge in [0.15, 0.2) is 0 Å². The molecule has 0 aliphatic carbocycles. The summed E-state index contributed by atoms with van der Waals surface area (Å²) in [6.45, 7) is 8.79. The molecule has 0 fully saturated rings. The summed E-state index contributed by atoms with van der Waals surface area (Å²) in [6, 6.07) is 0.0510. The van der Waals surface area contributed by atoms with Gasteiger partial charge in [0.1, 0.15) is 0 Å². The molecule has 1 unspecified atom stereocenters. The Hall–Kier alpha value is -0.610. The van der Waals surface area contributed by atoms with Crippen molar-refractivity contribution < 1.29 is 9.53 Å². The summed E-state index contributed by atoms with van der Waals surface area (Å²) in [5.74, 6) is -0.00722. The van der Waals surface area contributed by atoms with Gasteiger partial charge in [0.2, 0.25) is 5.91 Å². The minimum Gasteiger partial charge on any atom is -0.380 e. The van der Waals surface area contributed by atoms with E-state index in [1.807, 2.05) is 27.7 Å². The van der Waals surface area contributed by atoms with Crippen LogP contribution >= 0.6 is 0 Å². The summed E-state index contributed by atoms with van der Waals surface area (Å²) in [5.41, 5.74) is -0.527. The van der Waals surface area contributed by atoms with Crippen LogP contribution in [0.15, 0.2) is 0 Å². The van der Waals surface area contributed by atoms with Gasteiger partial charge in [-0.1, -0.05) is 0 Å². The smallest absolute Gasteiger partial charge is 0.240 e. The number of likely N-dealkylation sites (N-methyl/N-ethyl adjacent to an activating group) is 1. The lowest BCUT2D eigenvalue weighted by Gasteiger charge is -2.25. The largest absolute Gasteiger partial charge is 0.380 e. The fourth-order valence-corrected chi connectivity index (χ4v) is 0.854. The van der Waals surface area contributed by atoms with E-state index in [9.17, 15) is 4.79 Å².